The van der Waals surface area contributed by atoms with E-state index in [-0.39, 0.29) is 35.7 Å². The van der Waals surface area contributed by atoms with Crippen molar-refractivity contribution < 1.29 is 37.0 Å². The summed E-state index contributed by atoms with van der Waals surface area (Å²) >= 11 is 0. The van der Waals surface area contributed by atoms with Crippen LogP contribution in [0.2, 0.25) is 0 Å². The van der Waals surface area contributed by atoms with Crippen molar-refractivity contribution in [3.63, 3.8) is 0 Å². The van der Waals surface area contributed by atoms with Gasteiger partial charge in [-0.2, -0.15) is 13.2 Å². The number of nitrogens with zero attached hydrogens (tertiary/aromatic N) is 7. The number of ether oxygens (including phenoxy) is 1. The molecule has 1 aromatic carbocycles. The number of pyridine rings is 1. The molecule has 4 atom stereocenters. The highest BCUT2D eigenvalue weighted by Crippen LogP contribution is 2.51. The Morgan fingerprint density at radius 1 is 1.00 bits per heavy atom. The molecule has 8 rings (SSSR count). The van der Waals surface area contributed by atoms with E-state index in [0.717, 1.165) is 25.0 Å². The molecule has 0 spiro atoms. The smallest absolute Gasteiger partial charge is 0.434 e. The molecule has 2 bridgehead atoms. The number of halogens is 4. The third-order valence-electron chi connectivity index (χ3n) is 10.9. The SMILES string of the molecule is CC1CC2CC(C1)C(NC(=O)c1cnc(-c3cn(-c4ccccn4)c4cc(OC5CCN(c6ncc(F)cn6)CC5)ccc34)nc1C(F)(F)F)(C(=O)O)C2. The molecule has 54 heavy (non-hydrogen) atoms. The largest absolute Gasteiger partial charge is 0.490 e. The first-order chi connectivity index (χ1) is 25.9. The van der Waals surface area contributed by atoms with Crippen molar-refractivity contribution >= 4 is 28.7 Å². The number of carbonyl (C=O) groups is 2. The van der Waals surface area contributed by atoms with Crippen LogP contribution in [0, 0.1) is 23.6 Å². The standard InChI is InChI=1S/C38H36F4N8O4/c1-21-12-22-14-23(13-21)37(16-22,35(52)53)48-34(51)28-19-44-33(47-32(28)38(40,41)42)29-20-50(31-4-2-3-9-43-31)30-15-26(5-6-27(29)30)54-25-7-10-49(11-8-25)36-45-17-24(39)18-46-36/h2-6,9,15,17-23,25H,7-8,10-14,16H2,1H3,(H,48,51)(H,52,53). The fraction of sp³-hybridized carbons (Fsp3) is 0.395. The third kappa shape index (κ3) is 6.57. The fourth-order valence-electron chi connectivity index (χ4n) is 8.55. The van der Waals surface area contributed by atoms with Crippen molar-refractivity contribution in [2.75, 3.05) is 18.0 Å². The Kier molecular flexibility index (Phi) is 8.93. The Balaban J connectivity index is 1.10. The van der Waals surface area contributed by atoms with Crippen molar-refractivity contribution in [2.45, 2.75) is 63.3 Å². The molecular weight excluding hydrogens is 708 g/mol. The molecule has 3 aliphatic rings. The number of aliphatic carboxylic acids is 1. The van der Waals surface area contributed by atoms with Gasteiger partial charge in [0.1, 0.15) is 23.2 Å². The average Bonchev–Trinajstić information content (AvgIpc) is 3.66. The van der Waals surface area contributed by atoms with Crippen LogP contribution in [0.15, 0.2) is 67.4 Å². The number of anilines is 1. The number of rotatable bonds is 8. The van der Waals surface area contributed by atoms with Crippen LogP contribution in [-0.2, 0) is 11.0 Å². The molecule has 2 aliphatic carbocycles. The number of piperidine rings is 1. The van der Waals surface area contributed by atoms with E-state index < -0.39 is 46.6 Å². The van der Waals surface area contributed by atoms with E-state index >= 15 is 0 Å². The van der Waals surface area contributed by atoms with Gasteiger partial charge in [-0.25, -0.2) is 34.1 Å². The number of carboxylic acid groups (broad SMARTS) is 1. The summed E-state index contributed by atoms with van der Waals surface area (Å²) in [7, 11) is 0. The summed E-state index contributed by atoms with van der Waals surface area (Å²) in [5, 5.41) is 13.3. The summed E-state index contributed by atoms with van der Waals surface area (Å²) in [5.41, 5.74) is -3.15. The monoisotopic (exact) mass is 744 g/mol. The van der Waals surface area contributed by atoms with Crippen LogP contribution >= 0.6 is 0 Å². The number of carboxylic acids is 1. The van der Waals surface area contributed by atoms with Gasteiger partial charge in [0.25, 0.3) is 5.91 Å². The first-order valence-corrected chi connectivity index (χ1v) is 17.8. The quantitative estimate of drug-likeness (QED) is 0.169. The van der Waals surface area contributed by atoms with Gasteiger partial charge < -0.3 is 24.6 Å². The second-order valence-corrected chi connectivity index (χ2v) is 14.5. The number of amides is 1. The predicted molar refractivity (Wildman–Crippen MR) is 187 cm³/mol. The molecule has 2 saturated carbocycles. The molecule has 16 heteroatoms. The molecule has 4 aromatic heterocycles. The van der Waals surface area contributed by atoms with Crippen molar-refractivity contribution in [1.82, 2.24) is 34.8 Å². The van der Waals surface area contributed by atoms with E-state index in [4.69, 9.17) is 4.74 Å². The van der Waals surface area contributed by atoms with Crippen LogP contribution in [0.5, 0.6) is 5.75 Å². The fourth-order valence-corrected chi connectivity index (χ4v) is 8.55. The minimum Gasteiger partial charge on any atom is -0.490 e. The molecule has 1 saturated heterocycles. The second kappa shape index (κ2) is 13.6. The third-order valence-corrected chi connectivity index (χ3v) is 10.9. The van der Waals surface area contributed by atoms with E-state index in [9.17, 15) is 32.3 Å². The Morgan fingerprint density at radius 3 is 2.48 bits per heavy atom. The molecule has 0 radical (unpaired) electrons. The van der Waals surface area contributed by atoms with Gasteiger partial charge in [0.2, 0.25) is 5.95 Å². The molecule has 5 aromatic rings. The maximum Gasteiger partial charge on any atom is 0.434 e. The molecule has 3 fully saturated rings. The van der Waals surface area contributed by atoms with Crippen LogP contribution in [0.25, 0.3) is 28.1 Å². The summed E-state index contributed by atoms with van der Waals surface area (Å²) in [6, 6.07) is 10.5. The van der Waals surface area contributed by atoms with Crippen LogP contribution in [0.3, 0.4) is 0 Å². The molecular formula is C38H36F4N8O4. The first-order valence-electron chi connectivity index (χ1n) is 17.8. The summed E-state index contributed by atoms with van der Waals surface area (Å²) in [4.78, 5) is 48.9. The highest BCUT2D eigenvalue weighted by Gasteiger charge is 2.56. The summed E-state index contributed by atoms with van der Waals surface area (Å²) in [6.07, 6.45) is 4.46. The van der Waals surface area contributed by atoms with Gasteiger partial charge in [0, 0.05) is 61.5 Å². The van der Waals surface area contributed by atoms with E-state index in [2.05, 4.69) is 30.2 Å². The zero-order valence-electron chi connectivity index (χ0n) is 29.1. The van der Waals surface area contributed by atoms with Gasteiger partial charge in [0.15, 0.2) is 17.3 Å². The lowest BCUT2D eigenvalue weighted by Crippen LogP contribution is -2.57. The number of aromatic nitrogens is 6. The second-order valence-electron chi connectivity index (χ2n) is 14.5. The van der Waals surface area contributed by atoms with Crippen LogP contribution in [0.1, 0.15) is 61.5 Å². The van der Waals surface area contributed by atoms with Gasteiger partial charge >= 0.3 is 12.1 Å². The highest BCUT2D eigenvalue weighted by atomic mass is 19.4. The van der Waals surface area contributed by atoms with Crippen LogP contribution in [-0.4, -0.2) is 71.2 Å². The normalized spacial score (nSPS) is 23.1. The number of carbonyl (C=O) groups excluding carboxylic acids is 1. The van der Waals surface area contributed by atoms with Gasteiger partial charge in [-0.1, -0.05) is 13.0 Å². The van der Waals surface area contributed by atoms with Crippen LogP contribution in [0.4, 0.5) is 23.5 Å². The molecule has 1 aliphatic heterocycles. The number of nitrogens with one attached hydrogen (secondary N) is 1. The maximum absolute atomic E-state index is 14.7. The minimum atomic E-state index is -5.06. The van der Waals surface area contributed by atoms with E-state index in [1.54, 1.807) is 53.4 Å². The molecule has 1 amide bonds. The zero-order valence-corrected chi connectivity index (χ0v) is 29.1. The predicted octanol–water partition coefficient (Wildman–Crippen LogP) is 6.49. The van der Waals surface area contributed by atoms with Crippen LogP contribution < -0.4 is 15.0 Å². The first kappa shape index (κ1) is 35.4. The average molecular weight is 745 g/mol. The van der Waals surface area contributed by atoms with Gasteiger partial charge in [-0.3, -0.25) is 4.79 Å². The van der Waals surface area contributed by atoms with E-state index in [0.29, 0.717) is 67.2 Å². The molecule has 4 unspecified atom stereocenters. The number of hydrogen-bond acceptors (Lipinski definition) is 9. The lowest BCUT2D eigenvalue weighted by atomic mass is 9.78. The van der Waals surface area contributed by atoms with Crippen molar-refractivity contribution in [3.05, 3.63) is 84.5 Å². The lowest BCUT2D eigenvalue weighted by molar-refractivity contribution is -0.146. The number of alkyl halides is 3. The maximum atomic E-state index is 14.7. The molecule has 280 valence electrons. The zero-order chi connectivity index (χ0) is 37.8. The van der Waals surface area contributed by atoms with E-state index in [1.807, 2.05) is 11.8 Å². The molecule has 5 heterocycles. The van der Waals surface area contributed by atoms with Gasteiger partial charge in [0.05, 0.1) is 23.5 Å². The summed E-state index contributed by atoms with van der Waals surface area (Å²) in [6.45, 7) is 3.21. The summed E-state index contributed by atoms with van der Waals surface area (Å²) in [5.74, 6) is -1.83. The Morgan fingerprint density at radius 2 is 1.78 bits per heavy atom. The lowest BCUT2D eigenvalue weighted by Gasteiger charge is -2.33. The Labute approximate surface area is 306 Å². The number of benzene rings is 1. The van der Waals surface area contributed by atoms with E-state index in [1.165, 1.54) is 0 Å². The van der Waals surface area contributed by atoms with Crippen molar-refractivity contribution in [3.8, 4) is 23.0 Å². The van der Waals surface area contributed by atoms with Crippen molar-refractivity contribution in [1.29, 1.82) is 0 Å². The topological polar surface area (TPSA) is 148 Å². The molecule has 2 N–H and O–H groups in total. The van der Waals surface area contributed by atoms with Crippen molar-refractivity contribution in [2.24, 2.45) is 17.8 Å². The molecule has 12 nitrogen and oxygen atoms in total. The van der Waals surface area contributed by atoms with Gasteiger partial charge in [-0.15, -0.1) is 0 Å². The minimum absolute atomic E-state index is 0.0640. The van der Waals surface area contributed by atoms with Gasteiger partial charge in [-0.05, 0) is 67.7 Å². The number of hydrogen-bond donors (Lipinski definition) is 2. The number of fused-ring (bicyclic) bond motifs is 3. The highest BCUT2D eigenvalue weighted by molar-refractivity contribution is 6.00. The summed E-state index contributed by atoms with van der Waals surface area (Å²) < 4.78 is 65.4. The Bertz CT molecular complexity index is 2210. The Hall–Kier alpha value is -5.67.